The Kier molecular flexibility index (Phi) is 7.10. The number of hydrogen-bond acceptors (Lipinski definition) is 9. The largest absolute Gasteiger partial charge is 0.369 e. The molecule has 6 rings (SSSR count). The van der Waals surface area contributed by atoms with Crippen LogP contribution < -0.4 is 15.1 Å². The highest BCUT2D eigenvalue weighted by molar-refractivity contribution is 7.89. The van der Waals surface area contributed by atoms with E-state index in [1.165, 1.54) is 34.3 Å². The van der Waals surface area contributed by atoms with Crippen molar-refractivity contribution in [1.29, 1.82) is 0 Å². The molecule has 1 N–H and O–H groups in total. The van der Waals surface area contributed by atoms with Crippen LogP contribution >= 0.6 is 11.3 Å². The number of likely N-dealkylation sites (N-methyl/N-ethyl adjacent to an activating group) is 1. The van der Waals surface area contributed by atoms with Gasteiger partial charge in [0.05, 0.1) is 15.1 Å². The molecule has 12 heteroatoms. The van der Waals surface area contributed by atoms with Crippen molar-refractivity contribution in [2.45, 2.75) is 4.90 Å². The van der Waals surface area contributed by atoms with Gasteiger partial charge >= 0.3 is 0 Å². The molecule has 0 spiro atoms. The van der Waals surface area contributed by atoms with Crippen LogP contribution in [0.3, 0.4) is 0 Å². The van der Waals surface area contributed by atoms with Crippen molar-refractivity contribution in [2.75, 3.05) is 74.5 Å². The average molecular weight is 568 g/mol. The summed E-state index contributed by atoms with van der Waals surface area (Å²) < 4.78 is 41.8. The number of thiophene rings is 1. The monoisotopic (exact) mass is 567 g/mol. The molecule has 2 aliphatic heterocycles. The molecule has 39 heavy (non-hydrogen) atoms. The van der Waals surface area contributed by atoms with Gasteiger partial charge in [0.25, 0.3) is 0 Å². The van der Waals surface area contributed by atoms with Gasteiger partial charge in [0.15, 0.2) is 5.82 Å². The standard InChI is InChI=1S/C27H30FN7O2S2/c1-32-11-13-33(14-12-32)22-6-4-21(5-7-22)29-27-30-24-10-19-38-25(24)26(31-27)34-15-17-35(18-16-34)39(36,37)23-8-2-20(28)3-9-23/h2-10,19H,11-18H2,1H3,(H,29,30,31). The Bertz CT molecular complexity index is 1550. The minimum atomic E-state index is -3.69. The SMILES string of the molecule is CN1CCN(c2ccc(Nc3nc(N4CCN(S(=O)(=O)c5ccc(F)cc5)CC4)c4sccc4n3)cc2)CC1. The van der Waals surface area contributed by atoms with E-state index >= 15 is 0 Å². The highest BCUT2D eigenvalue weighted by Gasteiger charge is 2.30. The molecule has 0 atom stereocenters. The number of sulfonamides is 1. The summed E-state index contributed by atoms with van der Waals surface area (Å²) in [5.41, 5.74) is 2.96. The van der Waals surface area contributed by atoms with Crippen LogP contribution in [0.2, 0.25) is 0 Å². The summed E-state index contributed by atoms with van der Waals surface area (Å²) in [5.74, 6) is 0.841. The molecule has 0 saturated carbocycles. The molecule has 2 fully saturated rings. The summed E-state index contributed by atoms with van der Waals surface area (Å²) in [7, 11) is -1.54. The molecule has 2 aliphatic rings. The highest BCUT2D eigenvalue weighted by atomic mass is 32.2. The van der Waals surface area contributed by atoms with Gasteiger partial charge in [0, 0.05) is 63.7 Å². The van der Waals surface area contributed by atoms with Crippen molar-refractivity contribution in [3.8, 4) is 0 Å². The summed E-state index contributed by atoms with van der Waals surface area (Å²) in [4.78, 5) is 16.5. The van der Waals surface area contributed by atoms with Gasteiger partial charge in [-0.3, -0.25) is 0 Å². The Hall–Kier alpha value is -3.32. The van der Waals surface area contributed by atoms with E-state index in [9.17, 15) is 12.8 Å². The van der Waals surface area contributed by atoms with E-state index in [4.69, 9.17) is 9.97 Å². The van der Waals surface area contributed by atoms with E-state index in [0.717, 1.165) is 47.9 Å². The fourth-order valence-corrected chi connectivity index (χ4v) is 7.23. The van der Waals surface area contributed by atoms with Gasteiger partial charge in [-0.25, -0.2) is 17.8 Å². The van der Waals surface area contributed by atoms with Crippen molar-refractivity contribution in [2.24, 2.45) is 0 Å². The number of halogens is 1. The van der Waals surface area contributed by atoms with Crippen LogP contribution in [0, 0.1) is 5.82 Å². The number of benzene rings is 2. The zero-order valence-corrected chi connectivity index (χ0v) is 23.3. The maximum absolute atomic E-state index is 13.3. The average Bonchev–Trinajstić information content (AvgIpc) is 3.43. The van der Waals surface area contributed by atoms with E-state index in [1.807, 2.05) is 23.6 Å². The summed E-state index contributed by atoms with van der Waals surface area (Å²) in [6.07, 6.45) is 0. The summed E-state index contributed by atoms with van der Waals surface area (Å²) >= 11 is 1.57. The van der Waals surface area contributed by atoms with Crippen LogP contribution in [0.15, 0.2) is 64.9 Å². The third-order valence-corrected chi connectivity index (χ3v) is 10.1. The molecule has 0 radical (unpaired) electrons. The zero-order chi connectivity index (χ0) is 27.0. The highest BCUT2D eigenvalue weighted by Crippen LogP contribution is 2.32. The Morgan fingerprint density at radius 1 is 0.821 bits per heavy atom. The van der Waals surface area contributed by atoms with Crippen LogP contribution in [0.1, 0.15) is 0 Å². The quantitative estimate of drug-likeness (QED) is 0.376. The molecule has 0 aliphatic carbocycles. The van der Waals surface area contributed by atoms with E-state index in [1.54, 1.807) is 11.3 Å². The first-order valence-corrected chi connectivity index (χ1v) is 15.3. The summed E-state index contributed by atoms with van der Waals surface area (Å²) in [6, 6.07) is 15.3. The molecule has 2 aromatic heterocycles. The van der Waals surface area contributed by atoms with Crippen molar-refractivity contribution in [3.05, 3.63) is 65.8 Å². The smallest absolute Gasteiger partial charge is 0.243 e. The number of rotatable bonds is 6. The lowest BCUT2D eigenvalue weighted by Crippen LogP contribution is -2.49. The van der Waals surface area contributed by atoms with Gasteiger partial charge in [-0.1, -0.05) is 0 Å². The van der Waals surface area contributed by atoms with Gasteiger partial charge in [-0.2, -0.15) is 9.29 Å². The maximum Gasteiger partial charge on any atom is 0.243 e. The number of nitrogens with zero attached hydrogens (tertiary/aromatic N) is 6. The van der Waals surface area contributed by atoms with E-state index in [2.05, 4.69) is 39.2 Å². The Labute approximate surface area is 231 Å². The minimum absolute atomic E-state index is 0.102. The lowest BCUT2D eigenvalue weighted by molar-refractivity contribution is 0.313. The molecule has 2 saturated heterocycles. The van der Waals surface area contributed by atoms with Gasteiger partial charge in [-0.05, 0) is 67.0 Å². The normalized spacial score (nSPS) is 17.6. The van der Waals surface area contributed by atoms with Crippen LogP contribution in [-0.4, -0.2) is 87.0 Å². The van der Waals surface area contributed by atoms with Crippen LogP contribution in [0.4, 0.5) is 27.5 Å². The van der Waals surface area contributed by atoms with Crippen LogP contribution in [-0.2, 0) is 10.0 Å². The molecule has 2 aromatic carbocycles. The Morgan fingerprint density at radius 3 is 2.18 bits per heavy atom. The third-order valence-electron chi connectivity index (χ3n) is 7.27. The number of nitrogens with one attached hydrogen (secondary N) is 1. The second kappa shape index (κ2) is 10.7. The molecule has 204 valence electrons. The predicted octanol–water partition coefficient (Wildman–Crippen LogP) is 3.84. The fourth-order valence-electron chi connectivity index (χ4n) is 4.96. The van der Waals surface area contributed by atoms with Gasteiger partial charge < -0.3 is 20.0 Å². The molecule has 0 unspecified atom stereocenters. The van der Waals surface area contributed by atoms with Crippen molar-refractivity contribution in [1.82, 2.24) is 19.2 Å². The van der Waals surface area contributed by atoms with E-state index < -0.39 is 15.8 Å². The molecule has 4 heterocycles. The number of anilines is 4. The predicted molar refractivity (Wildman–Crippen MR) is 154 cm³/mol. The lowest BCUT2D eigenvalue weighted by Gasteiger charge is -2.35. The van der Waals surface area contributed by atoms with Gasteiger partial charge in [0.1, 0.15) is 5.82 Å². The maximum atomic E-state index is 13.3. The lowest BCUT2D eigenvalue weighted by atomic mass is 10.2. The van der Waals surface area contributed by atoms with Crippen LogP contribution in [0.25, 0.3) is 10.2 Å². The second-order valence-corrected chi connectivity index (χ2v) is 12.7. The first-order chi connectivity index (χ1) is 18.9. The number of hydrogen-bond donors (Lipinski definition) is 1. The number of piperazine rings is 2. The topological polar surface area (TPSA) is 84.9 Å². The zero-order valence-electron chi connectivity index (χ0n) is 21.6. The molecule has 0 amide bonds. The van der Waals surface area contributed by atoms with Crippen molar-refractivity contribution < 1.29 is 12.8 Å². The van der Waals surface area contributed by atoms with Crippen molar-refractivity contribution >= 4 is 54.7 Å². The number of aromatic nitrogens is 2. The minimum Gasteiger partial charge on any atom is -0.369 e. The molecular formula is C27H30FN7O2S2. The fraction of sp³-hybridized carbons (Fsp3) is 0.333. The molecular weight excluding hydrogens is 537 g/mol. The van der Waals surface area contributed by atoms with Gasteiger partial charge in [-0.15, -0.1) is 11.3 Å². The first kappa shape index (κ1) is 25.9. The third kappa shape index (κ3) is 5.42. The summed E-state index contributed by atoms with van der Waals surface area (Å²) in [5, 5.41) is 5.35. The first-order valence-electron chi connectivity index (χ1n) is 12.9. The Balaban J connectivity index is 1.17. The van der Waals surface area contributed by atoms with E-state index in [0.29, 0.717) is 32.1 Å². The number of fused-ring (bicyclic) bond motifs is 1. The second-order valence-electron chi connectivity index (χ2n) is 9.81. The van der Waals surface area contributed by atoms with E-state index in [-0.39, 0.29) is 4.90 Å². The molecule has 0 bridgehead atoms. The van der Waals surface area contributed by atoms with Crippen LogP contribution in [0.5, 0.6) is 0 Å². The molecule has 4 aromatic rings. The van der Waals surface area contributed by atoms with Gasteiger partial charge in [0.2, 0.25) is 16.0 Å². The Morgan fingerprint density at radius 2 is 1.49 bits per heavy atom. The van der Waals surface area contributed by atoms with Crippen molar-refractivity contribution in [3.63, 3.8) is 0 Å². The summed E-state index contributed by atoms with van der Waals surface area (Å²) in [6.45, 7) is 5.76. The molecule has 9 nitrogen and oxygen atoms in total.